The van der Waals surface area contributed by atoms with Crippen LogP contribution in [0, 0.1) is 0 Å². The summed E-state index contributed by atoms with van der Waals surface area (Å²) in [5.41, 5.74) is -1.08. The van der Waals surface area contributed by atoms with Gasteiger partial charge in [0.2, 0.25) is 0 Å². The summed E-state index contributed by atoms with van der Waals surface area (Å²) in [6, 6.07) is 1.31. The molecule has 0 amide bonds. The van der Waals surface area contributed by atoms with Gasteiger partial charge in [0, 0.05) is 25.0 Å². The Balaban J connectivity index is 3.06. The lowest BCUT2D eigenvalue weighted by Crippen LogP contribution is -2.15. The van der Waals surface area contributed by atoms with Gasteiger partial charge in [-0.1, -0.05) is 13.8 Å². The Morgan fingerprint density at radius 3 is 2.67 bits per heavy atom. The van der Waals surface area contributed by atoms with Crippen molar-refractivity contribution in [2.45, 2.75) is 39.0 Å². The second-order valence-electron chi connectivity index (χ2n) is 4.24. The van der Waals surface area contributed by atoms with Crippen molar-refractivity contribution < 1.29 is 19.4 Å². The van der Waals surface area contributed by atoms with Crippen molar-refractivity contribution in [3.05, 3.63) is 27.8 Å². The Morgan fingerprint density at radius 2 is 2.17 bits per heavy atom. The molecule has 100 valence electrons. The monoisotopic (exact) mass is 254 g/mol. The number of ketones is 1. The topological polar surface area (TPSA) is 87.7 Å². The van der Waals surface area contributed by atoms with Crippen LogP contribution in [0.15, 0.2) is 15.3 Å². The molecule has 5 nitrogen and oxygen atoms in total. The van der Waals surface area contributed by atoms with Gasteiger partial charge in [0.25, 0.3) is 0 Å². The third kappa shape index (κ3) is 3.20. The molecule has 0 aliphatic carbocycles. The molecule has 0 fully saturated rings. The Bertz CT molecular complexity index is 475. The van der Waals surface area contributed by atoms with Crippen molar-refractivity contribution in [3.8, 4) is 5.75 Å². The van der Waals surface area contributed by atoms with Crippen molar-refractivity contribution in [2.24, 2.45) is 0 Å². The van der Waals surface area contributed by atoms with Crippen LogP contribution in [-0.4, -0.2) is 22.6 Å². The fourth-order valence-corrected chi connectivity index (χ4v) is 1.72. The van der Waals surface area contributed by atoms with E-state index in [-0.39, 0.29) is 30.3 Å². The maximum atomic E-state index is 11.6. The van der Waals surface area contributed by atoms with Crippen LogP contribution in [0.3, 0.4) is 0 Å². The molecular weight excluding hydrogens is 236 g/mol. The van der Waals surface area contributed by atoms with Gasteiger partial charge in [0.1, 0.15) is 17.1 Å². The predicted octanol–water partition coefficient (Wildman–Crippen LogP) is 1.81. The highest BCUT2D eigenvalue weighted by molar-refractivity contribution is 5.97. The summed E-state index contributed by atoms with van der Waals surface area (Å²) in [6.45, 7) is 3.50. The normalized spacial score (nSPS) is 12.4. The van der Waals surface area contributed by atoms with E-state index in [0.29, 0.717) is 18.6 Å². The number of aromatic hydroxyl groups is 1. The first-order valence-corrected chi connectivity index (χ1v) is 6.02. The van der Waals surface area contributed by atoms with E-state index in [1.54, 1.807) is 6.92 Å². The lowest BCUT2D eigenvalue weighted by molar-refractivity contribution is 0.0980. The molecule has 1 aromatic rings. The third-order valence-corrected chi connectivity index (χ3v) is 2.83. The largest absolute Gasteiger partial charge is 0.507 e. The number of rotatable bonds is 6. The second kappa shape index (κ2) is 6.35. The number of aliphatic hydroxyl groups excluding tert-OH is 1. The molecule has 0 radical (unpaired) electrons. The molecule has 1 rings (SSSR count). The Morgan fingerprint density at radius 1 is 1.50 bits per heavy atom. The molecule has 5 heteroatoms. The lowest BCUT2D eigenvalue weighted by Gasteiger charge is -2.10. The first kappa shape index (κ1) is 14.4. The molecule has 0 spiro atoms. The van der Waals surface area contributed by atoms with Crippen LogP contribution >= 0.6 is 0 Å². The molecule has 0 bridgehead atoms. The van der Waals surface area contributed by atoms with Crippen molar-refractivity contribution >= 4 is 5.78 Å². The zero-order valence-corrected chi connectivity index (χ0v) is 10.6. The van der Waals surface area contributed by atoms with E-state index < -0.39 is 11.4 Å². The van der Waals surface area contributed by atoms with Gasteiger partial charge in [-0.3, -0.25) is 4.79 Å². The van der Waals surface area contributed by atoms with Crippen LogP contribution in [-0.2, 0) is 0 Å². The second-order valence-corrected chi connectivity index (χ2v) is 4.24. The van der Waals surface area contributed by atoms with Crippen LogP contribution in [0.5, 0.6) is 5.75 Å². The standard InChI is InChI=1S/C13H18O5/c1-3-9(15)12-10(16)7-11(18-13(12)17)8(2)5-4-6-14/h7-8,14,16H,3-6H2,1-2H3. The smallest absolute Gasteiger partial charge is 0.350 e. The molecule has 0 saturated heterocycles. The van der Waals surface area contributed by atoms with Gasteiger partial charge in [-0.05, 0) is 12.8 Å². The predicted molar refractivity (Wildman–Crippen MR) is 66.0 cm³/mol. The quantitative estimate of drug-likeness (QED) is 0.756. The van der Waals surface area contributed by atoms with Gasteiger partial charge in [0.05, 0.1) is 0 Å². The first-order valence-electron chi connectivity index (χ1n) is 6.02. The summed E-state index contributed by atoms with van der Waals surface area (Å²) in [4.78, 5) is 23.1. The van der Waals surface area contributed by atoms with E-state index >= 15 is 0 Å². The Hall–Kier alpha value is -1.62. The van der Waals surface area contributed by atoms with Crippen molar-refractivity contribution in [3.63, 3.8) is 0 Å². The summed E-state index contributed by atoms with van der Waals surface area (Å²) in [7, 11) is 0. The number of hydrogen-bond donors (Lipinski definition) is 2. The molecule has 1 atom stereocenters. The summed E-state index contributed by atoms with van der Waals surface area (Å²) in [5.74, 6) is -0.528. The van der Waals surface area contributed by atoms with Crippen LogP contribution < -0.4 is 5.63 Å². The lowest BCUT2D eigenvalue weighted by atomic mass is 10.0. The minimum atomic E-state index is -0.798. The van der Waals surface area contributed by atoms with Crippen LogP contribution in [0.1, 0.15) is 55.1 Å². The zero-order valence-electron chi connectivity index (χ0n) is 10.6. The van der Waals surface area contributed by atoms with Gasteiger partial charge in [-0.2, -0.15) is 0 Å². The van der Waals surface area contributed by atoms with Gasteiger partial charge in [0.15, 0.2) is 5.78 Å². The van der Waals surface area contributed by atoms with E-state index in [1.165, 1.54) is 6.07 Å². The highest BCUT2D eigenvalue weighted by Gasteiger charge is 2.19. The fraction of sp³-hybridized carbons (Fsp3) is 0.538. The Kier molecular flexibility index (Phi) is 5.09. The van der Waals surface area contributed by atoms with Gasteiger partial charge in [-0.15, -0.1) is 0 Å². The summed E-state index contributed by atoms with van der Waals surface area (Å²) in [6.07, 6.45) is 1.36. The average Bonchev–Trinajstić information content (AvgIpc) is 2.34. The van der Waals surface area contributed by atoms with E-state index in [4.69, 9.17) is 9.52 Å². The van der Waals surface area contributed by atoms with Gasteiger partial charge in [-0.25, -0.2) is 4.79 Å². The van der Waals surface area contributed by atoms with Gasteiger partial charge >= 0.3 is 5.63 Å². The summed E-state index contributed by atoms with van der Waals surface area (Å²) in [5, 5.41) is 18.5. The third-order valence-electron chi connectivity index (χ3n) is 2.83. The molecule has 0 saturated carbocycles. The molecule has 2 N–H and O–H groups in total. The van der Waals surface area contributed by atoms with Crippen molar-refractivity contribution in [1.29, 1.82) is 0 Å². The van der Waals surface area contributed by atoms with Crippen LogP contribution in [0.25, 0.3) is 0 Å². The van der Waals surface area contributed by atoms with E-state index in [2.05, 4.69) is 0 Å². The molecule has 0 aliphatic rings. The van der Waals surface area contributed by atoms with Crippen molar-refractivity contribution in [2.75, 3.05) is 6.61 Å². The highest BCUT2D eigenvalue weighted by Crippen LogP contribution is 2.24. The van der Waals surface area contributed by atoms with Crippen molar-refractivity contribution in [1.82, 2.24) is 0 Å². The van der Waals surface area contributed by atoms with E-state index in [9.17, 15) is 14.7 Å². The summed E-state index contributed by atoms with van der Waals surface area (Å²) < 4.78 is 5.05. The fourth-order valence-electron chi connectivity index (χ4n) is 1.72. The minimum absolute atomic E-state index is 0.0625. The number of aliphatic hydroxyl groups is 1. The molecular formula is C13H18O5. The zero-order chi connectivity index (χ0) is 13.7. The SMILES string of the molecule is CCC(=O)c1c(O)cc(C(C)CCCO)oc1=O. The maximum Gasteiger partial charge on any atom is 0.350 e. The highest BCUT2D eigenvalue weighted by atomic mass is 16.4. The number of hydrogen-bond acceptors (Lipinski definition) is 5. The van der Waals surface area contributed by atoms with Crippen LogP contribution in [0.2, 0.25) is 0 Å². The summed E-state index contributed by atoms with van der Waals surface area (Å²) >= 11 is 0. The number of Topliss-reactive ketones (excluding diaryl/α,β-unsaturated/α-hetero) is 1. The van der Waals surface area contributed by atoms with E-state index in [0.717, 1.165) is 0 Å². The first-order chi connectivity index (χ1) is 8.51. The number of carbonyl (C=O) groups is 1. The van der Waals surface area contributed by atoms with Gasteiger partial charge < -0.3 is 14.6 Å². The molecule has 0 aliphatic heterocycles. The molecule has 1 unspecified atom stereocenters. The molecule has 1 aromatic heterocycles. The Labute approximate surface area is 105 Å². The molecule has 0 aromatic carbocycles. The molecule has 1 heterocycles. The maximum absolute atomic E-state index is 11.6. The number of carbonyl (C=O) groups excluding carboxylic acids is 1. The van der Waals surface area contributed by atoms with E-state index in [1.807, 2.05) is 6.92 Å². The van der Waals surface area contributed by atoms with Crippen LogP contribution in [0.4, 0.5) is 0 Å². The average molecular weight is 254 g/mol. The molecule has 18 heavy (non-hydrogen) atoms. The minimum Gasteiger partial charge on any atom is -0.507 e.